The van der Waals surface area contributed by atoms with Crippen LogP contribution in [-0.2, 0) is 11.3 Å². The SMILES string of the molecule is COCCN(c1cc(C)ncc1CNC(C)C)C(C)C. The second-order valence-corrected chi connectivity index (χ2v) is 5.77. The Hall–Kier alpha value is -1.13. The second-order valence-electron chi connectivity index (χ2n) is 5.77. The van der Waals surface area contributed by atoms with Crippen LogP contribution in [0.3, 0.4) is 0 Å². The number of ether oxygens (including phenoxy) is 1. The van der Waals surface area contributed by atoms with Gasteiger partial charge in [-0.1, -0.05) is 13.8 Å². The molecule has 0 saturated carbocycles. The van der Waals surface area contributed by atoms with Crippen LogP contribution >= 0.6 is 0 Å². The third-order valence-corrected chi connectivity index (χ3v) is 3.27. The highest BCUT2D eigenvalue weighted by atomic mass is 16.5. The molecular formula is C16H29N3O. The van der Waals surface area contributed by atoms with E-state index in [9.17, 15) is 0 Å². The lowest BCUT2D eigenvalue weighted by Gasteiger charge is -2.31. The second kappa shape index (κ2) is 8.22. The number of rotatable bonds is 8. The largest absolute Gasteiger partial charge is 0.383 e. The molecule has 0 fully saturated rings. The molecule has 4 nitrogen and oxygen atoms in total. The molecule has 0 amide bonds. The molecule has 0 aromatic carbocycles. The van der Waals surface area contributed by atoms with Crippen LogP contribution in [0.25, 0.3) is 0 Å². The maximum absolute atomic E-state index is 5.24. The van der Waals surface area contributed by atoms with E-state index in [4.69, 9.17) is 4.74 Å². The molecule has 0 unspecified atom stereocenters. The molecule has 1 heterocycles. The molecule has 1 N–H and O–H groups in total. The fourth-order valence-electron chi connectivity index (χ4n) is 2.14. The number of aromatic nitrogens is 1. The van der Waals surface area contributed by atoms with E-state index < -0.39 is 0 Å². The van der Waals surface area contributed by atoms with Crippen molar-refractivity contribution in [3.05, 3.63) is 23.5 Å². The summed E-state index contributed by atoms with van der Waals surface area (Å²) in [6.07, 6.45) is 1.99. The van der Waals surface area contributed by atoms with Gasteiger partial charge >= 0.3 is 0 Å². The predicted molar refractivity (Wildman–Crippen MR) is 85.3 cm³/mol. The lowest BCUT2D eigenvalue weighted by atomic mass is 10.1. The first-order valence-electron chi connectivity index (χ1n) is 7.40. The van der Waals surface area contributed by atoms with Gasteiger partial charge in [-0.3, -0.25) is 4.98 Å². The van der Waals surface area contributed by atoms with Gasteiger partial charge in [0.25, 0.3) is 0 Å². The Morgan fingerprint density at radius 3 is 2.55 bits per heavy atom. The highest BCUT2D eigenvalue weighted by molar-refractivity contribution is 5.54. The summed E-state index contributed by atoms with van der Waals surface area (Å²) >= 11 is 0. The lowest BCUT2D eigenvalue weighted by Crippen LogP contribution is -2.35. The van der Waals surface area contributed by atoms with Gasteiger partial charge < -0.3 is 15.0 Å². The zero-order valence-electron chi connectivity index (χ0n) is 13.7. The van der Waals surface area contributed by atoms with Gasteiger partial charge in [-0.05, 0) is 26.8 Å². The molecule has 4 heteroatoms. The summed E-state index contributed by atoms with van der Waals surface area (Å²) in [6, 6.07) is 3.08. The highest BCUT2D eigenvalue weighted by Gasteiger charge is 2.15. The molecule has 114 valence electrons. The Morgan fingerprint density at radius 1 is 1.30 bits per heavy atom. The van der Waals surface area contributed by atoms with Crippen LogP contribution in [0.5, 0.6) is 0 Å². The van der Waals surface area contributed by atoms with E-state index in [1.807, 2.05) is 13.1 Å². The van der Waals surface area contributed by atoms with Gasteiger partial charge in [-0.25, -0.2) is 0 Å². The summed E-state index contributed by atoms with van der Waals surface area (Å²) in [5, 5.41) is 3.47. The number of hydrogen-bond donors (Lipinski definition) is 1. The first-order chi connectivity index (χ1) is 9.45. The van der Waals surface area contributed by atoms with Crippen LogP contribution in [0.1, 0.15) is 39.0 Å². The molecule has 1 aromatic rings. The fraction of sp³-hybridized carbons (Fsp3) is 0.688. The van der Waals surface area contributed by atoms with E-state index in [1.165, 1.54) is 11.3 Å². The van der Waals surface area contributed by atoms with Crippen molar-refractivity contribution in [2.75, 3.05) is 25.2 Å². The van der Waals surface area contributed by atoms with Crippen molar-refractivity contribution in [3.8, 4) is 0 Å². The van der Waals surface area contributed by atoms with Crippen molar-refractivity contribution < 1.29 is 4.74 Å². The minimum Gasteiger partial charge on any atom is -0.383 e. The topological polar surface area (TPSA) is 37.4 Å². The Bertz CT molecular complexity index is 405. The Morgan fingerprint density at radius 2 is 2.00 bits per heavy atom. The highest BCUT2D eigenvalue weighted by Crippen LogP contribution is 2.23. The maximum atomic E-state index is 5.24. The Balaban J connectivity index is 3.00. The first kappa shape index (κ1) is 16.9. The van der Waals surface area contributed by atoms with Gasteiger partial charge in [-0.15, -0.1) is 0 Å². The fourth-order valence-corrected chi connectivity index (χ4v) is 2.14. The molecule has 1 rings (SSSR count). The van der Waals surface area contributed by atoms with E-state index in [0.717, 1.165) is 25.4 Å². The Labute approximate surface area is 123 Å². The molecule has 1 aromatic heterocycles. The molecule has 0 aliphatic carbocycles. The Kier molecular flexibility index (Phi) is 6.96. The number of methoxy groups -OCH3 is 1. The molecule has 0 radical (unpaired) electrons. The van der Waals surface area contributed by atoms with Crippen molar-refractivity contribution in [1.82, 2.24) is 10.3 Å². The van der Waals surface area contributed by atoms with Crippen molar-refractivity contribution in [2.24, 2.45) is 0 Å². The van der Waals surface area contributed by atoms with E-state index >= 15 is 0 Å². The van der Waals surface area contributed by atoms with Gasteiger partial charge in [0.05, 0.1) is 6.61 Å². The van der Waals surface area contributed by atoms with Crippen molar-refractivity contribution in [2.45, 2.75) is 53.2 Å². The van der Waals surface area contributed by atoms with Crippen molar-refractivity contribution >= 4 is 5.69 Å². The summed E-state index contributed by atoms with van der Waals surface area (Å²) in [5.74, 6) is 0. The van der Waals surface area contributed by atoms with Crippen molar-refractivity contribution in [1.29, 1.82) is 0 Å². The number of anilines is 1. The van der Waals surface area contributed by atoms with Crippen LogP contribution in [0, 0.1) is 6.92 Å². The quantitative estimate of drug-likeness (QED) is 0.794. The number of nitrogens with zero attached hydrogens (tertiary/aromatic N) is 2. The van der Waals surface area contributed by atoms with Gasteiger partial charge in [-0.2, -0.15) is 0 Å². The van der Waals surface area contributed by atoms with Crippen molar-refractivity contribution in [3.63, 3.8) is 0 Å². The maximum Gasteiger partial charge on any atom is 0.0637 e. The molecular weight excluding hydrogens is 250 g/mol. The summed E-state index contributed by atoms with van der Waals surface area (Å²) in [4.78, 5) is 6.83. The molecule has 0 aliphatic rings. The number of hydrogen-bond acceptors (Lipinski definition) is 4. The standard InChI is InChI=1S/C16H29N3O/c1-12(2)17-10-15-11-18-14(5)9-16(15)19(13(3)4)7-8-20-6/h9,11-13,17H,7-8,10H2,1-6H3. The third-order valence-electron chi connectivity index (χ3n) is 3.27. The molecule has 0 saturated heterocycles. The number of aryl methyl sites for hydroxylation is 1. The summed E-state index contributed by atoms with van der Waals surface area (Å²) < 4.78 is 5.24. The summed E-state index contributed by atoms with van der Waals surface area (Å²) in [7, 11) is 1.75. The van der Waals surface area contributed by atoms with Crippen LogP contribution in [0.4, 0.5) is 5.69 Å². The average molecular weight is 279 g/mol. The van der Waals surface area contributed by atoms with Crippen LogP contribution in [0.2, 0.25) is 0 Å². The normalized spacial score (nSPS) is 11.4. The third kappa shape index (κ3) is 5.10. The summed E-state index contributed by atoms with van der Waals surface area (Å²) in [5.41, 5.74) is 3.56. The molecule has 20 heavy (non-hydrogen) atoms. The van der Waals surface area contributed by atoms with Gasteiger partial charge in [0.1, 0.15) is 0 Å². The zero-order chi connectivity index (χ0) is 15.1. The van der Waals surface area contributed by atoms with Crippen LogP contribution in [-0.4, -0.2) is 37.3 Å². The minimum atomic E-state index is 0.435. The molecule has 0 aliphatic heterocycles. The van der Waals surface area contributed by atoms with Gasteiger partial charge in [0.15, 0.2) is 0 Å². The van der Waals surface area contributed by atoms with Crippen LogP contribution < -0.4 is 10.2 Å². The van der Waals surface area contributed by atoms with E-state index in [1.54, 1.807) is 7.11 Å². The predicted octanol–water partition coefficient (Wildman–Crippen LogP) is 2.75. The average Bonchev–Trinajstić information content (AvgIpc) is 2.37. The van der Waals surface area contributed by atoms with Gasteiger partial charge in [0, 0.05) is 55.4 Å². The van der Waals surface area contributed by atoms with E-state index in [2.05, 4.69) is 49.0 Å². The van der Waals surface area contributed by atoms with Gasteiger partial charge in [0.2, 0.25) is 0 Å². The monoisotopic (exact) mass is 279 g/mol. The number of pyridine rings is 1. The number of nitrogens with one attached hydrogen (secondary N) is 1. The first-order valence-corrected chi connectivity index (χ1v) is 7.40. The summed E-state index contributed by atoms with van der Waals surface area (Å²) in [6.45, 7) is 13.3. The molecule has 0 atom stereocenters. The van der Waals surface area contributed by atoms with E-state index in [0.29, 0.717) is 12.1 Å². The van der Waals surface area contributed by atoms with Crippen LogP contribution in [0.15, 0.2) is 12.3 Å². The lowest BCUT2D eigenvalue weighted by molar-refractivity contribution is 0.203. The van der Waals surface area contributed by atoms with E-state index in [-0.39, 0.29) is 0 Å². The minimum absolute atomic E-state index is 0.435. The molecule has 0 spiro atoms. The smallest absolute Gasteiger partial charge is 0.0637 e. The molecule has 0 bridgehead atoms. The zero-order valence-corrected chi connectivity index (χ0v) is 13.7.